The van der Waals surface area contributed by atoms with Crippen molar-refractivity contribution >= 4 is 23.7 Å². The third kappa shape index (κ3) is 4.47. The maximum Gasteiger partial charge on any atom is 0.271 e. The van der Waals surface area contributed by atoms with E-state index in [0.29, 0.717) is 28.5 Å². The van der Waals surface area contributed by atoms with E-state index in [0.717, 1.165) is 5.56 Å². The maximum absolute atomic E-state index is 12.0. The summed E-state index contributed by atoms with van der Waals surface area (Å²) < 4.78 is 5.28. The van der Waals surface area contributed by atoms with Gasteiger partial charge in [-0.3, -0.25) is 4.79 Å². The van der Waals surface area contributed by atoms with Crippen LogP contribution < -0.4 is 10.2 Å². The van der Waals surface area contributed by atoms with Crippen LogP contribution >= 0.6 is 11.6 Å². The van der Waals surface area contributed by atoms with E-state index in [4.69, 9.17) is 16.3 Å². The van der Waals surface area contributed by atoms with Crippen LogP contribution in [-0.4, -0.2) is 23.8 Å². The first kappa shape index (κ1) is 16.8. The lowest BCUT2D eigenvalue weighted by Crippen LogP contribution is -2.17. The molecule has 2 aromatic rings. The van der Waals surface area contributed by atoms with E-state index in [1.54, 1.807) is 30.3 Å². The lowest BCUT2D eigenvalue weighted by molar-refractivity contribution is 0.0955. The van der Waals surface area contributed by atoms with Gasteiger partial charge in [-0.2, -0.15) is 5.10 Å². The molecule has 2 rings (SSSR count). The number of hydrogen-bond donors (Lipinski definition) is 2. The van der Waals surface area contributed by atoms with E-state index in [9.17, 15) is 9.90 Å². The van der Waals surface area contributed by atoms with Crippen molar-refractivity contribution in [1.82, 2.24) is 5.43 Å². The molecule has 0 aliphatic rings. The van der Waals surface area contributed by atoms with Crippen LogP contribution in [0.25, 0.3) is 0 Å². The number of ether oxygens (including phenoxy) is 1. The molecule has 2 aromatic carbocycles. The van der Waals surface area contributed by atoms with E-state index in [2.05, 4.69) is 10.5 Å². The molecular weight excluding hydrogens is 316 g/mol. The predicted molar refractivity (Wildman–Crippen MR) is 90.5 cm³/mol. The van der Waals surface area contributed by atoms with Gasteiger partial charge in [-0.25, -0.2) is 5.43 Å². The van der Waals surface area contributed by atoms with E-state index >= 15 is 0 Å². The van der Waals surface area contributed by atoms with Crippen LogP contribution in [0.1, 0.15) is 28.4 Å². The van der Waals surface area contributed by atoms with Crippen molar-refractivity contribution in [3.63, 3.8) is 0 Å². The smallest absolute Gasteiger partial charge is 0.271 e. The molecule has 0 aromatic heterocycles. The first-order chi connectivity index (χ1) is 11.0. The molecule has 0 aliphatic heterocycles. The highest BCUT2D eigenvalue weighted by atomic mass is 35.5. The minimum Gasteiger partial charge on any atom is -0.504 e. The average Bonchev–Trinajstić information content (AvgIpc) is 2.53. The molecule has 120 valence electrons. The molecule has 0 radical (unpaired) electrons. The van der Waals surface area contributed by atoms with Crippen molar-refractivity contribution < 1.29 is 14.6 Å². The fraction of sp³-hybridized carbons (Fsp3) is 0.176. The molecule has 6 heteroatoms. The molecule has 0 unspecified atom stereocenters. The molecule has 0 spiro atoms. The summed E-state index contributed by atoms with van der Waals surface area (Å²) in [5.74, 6) is 0.0717. The molecule has 0 aliphatic carbocycles. The average molecular weight is 333 g/mol. The number of phenols is 1. The van der Waals surface area contributed by atoms with Gasteiger partial charge in [0.05, 0.1) is 12.8 Å². The number of aromatic hydroxyl groups is 1. The van der Waals surface area contributed by atoms with Crippen molar-refractivity contribution in [2.75, 3.05) is 6.61 Å². The number of carbonyl (C=O) groups is 1. The Kier molecular flexibility index (Phi) is 5.60. The maximum atomic E-state index is 12.0. The minimum absolute atomic E-state index is 0.0577. The predicted octanol–water partition coefficient (Wildman–Crippen LogP) is 3.52. The van der Waals surface area contributed by atoms with Gasteiger partial charge in [-0.1, -0.05) is 17.7 Å². The number of hydrogen-bond acceptors (Lipinski definition) is 4. The van der Waals surface area contributed by atoms with Gasteiger partial charge in [-0.15, -0.1) is 0 Å². The quantitative estimate of drug-likeness (QED) is 0.650. The highest BCUT2D eigenvalue weighted by Gasteiger charge is 2.06. The number of rotatable bonds is 5. The second-order valence-corrected chi connectivity index (χ2v) is 5.23. The van der Waals surface area contributed by atoms with Crippen molar-refractivity contribution in [3.8, 4) is 11.5 Å². The van der Waals surface area contributed by atoms with Crippen LogP contribution in [0.4, 0.5) is 0 Å². The van der Waals surface area contributed by atoms with Gasteiger partial charge in [0.2, 0.25) is 0 Å². The monoisotopic (exact) mass is 332 g/mol. The number of phenolic OH excluding ortho intramolecular Hbond substituents is 1. The number of nitrogens with zero attached hydrogens (tertiary/aromatic N) is 1. The number of aryl methyl sites for hydroxylation is 1. The minimum atomic E-state index is -0.355. The Morgan fingerprint density at radius 2 is 2.13 bits per heavy atom. The van der Waals surface area contributed by atoms with Gasteiger partial charge in [0.15, 0.2) is 11.5 Å². The second kappa shape index (κ2) is 7.65. The Balaban J connectivity index is 2.04. The molecule has 0 fully saturated rings. The van der Waals surface area contributed by atoms with Crippen LogP contribution in [0.3, 0.4) is 0 Å². The lowest BCUT2D eigenvalue weighted by atomic mass is 10.1. The summed E-state index contributed by atoms with van der Waals surface area (Å²) in [6.45, 7) is 4.13. The number of halogens is 1. The number of amides is 1. The van der Waals surface area contributed by atoms with Crippen LogP contribution in [0.15, 0.2) is 41.5 Å². The third-order valence-electron chi connectivity index (χ3n) is 3.10. The lowest BCUT2D eigenvalue weighted by Gasteiger charge is -2.06. The van der Waals surface area contributed by atoms with E-state index in [-0.39, 0.29) is 11.7 Å². The van der Waals surface area contributed by atoms with Crippen molar-refractivity contribution in [1.29, 1.82) is 0 Å². The molecular formula is C17H17ClN2O3. The van der Waals surface area contributed by atoms with Crippen LogP contribution in [-0.2, 0) is 0 Å². The third-order valence-corrected chi connectivity index (χ3v) is 3.50. The zero-order valence-corrected chi connectivity index (χ0v) is 13.6. The Morgan fingerprint density at radius 3 is 2.83 bits per heavy atom. The zero-order valence-electron chi connectivity index (χ0n) is 12.8. The molecule has 0 saturated carbocycles. The molecule has 2 N–H and O–H groups in total. The summed E-state index contributed by atoms with van der Waals surface area (Å²) in [5, 5.41) is 14.1. The summed E-state index contributed by atoms with van der Waals surface area (Å²) >= 11 is 5.99. The van der Waals surface area contributed by atoms with Gasteiger partial charge in [0.25, 0.3) is 5.91 Å². The Morgan fingerprint density at radius 1 is 1.35 bits per heavy atom. The van der Waals surface area contributed by atoms with Gasteiger partial charge in [-0.05, 0) is 55.3 Å². The number of nitrogens with one attached hydrogen (secondary N) is 1. The Hall–Kier alpha value is -2.53. The topological polar surface area (TPSA) is 70.9 Å². The fourth-order valence-corrected chi connectivity index (χ4v) is 2.03. The van der Waals surface area contributed by atoms with Crippen LogP contribution in [0, 0.1) is 6.92 Å². The summed E-state index contributed by atoms with van der Waals surface area (Å²) in [6, 6.07) is 9.85. The van der Waals surface area contributed by atoms with Crippen molar-refractivity contribution in [3.05, 3.63) is 58.1 Å². The Bertz CT molecular complexity index is 745. The molecule has 0 heterocycles. The van der Waals surface area contributed by atoms with Gasteiger partial charge in [0, 0.05) is 10.6 Å². The standard InChI is InChI=1S/C17H17ClN2O3/c1-3-23-16-8-12(5-7-15(16)21)10-19-20-17(22)13-6-4-11(2)14(18)9-13/h4-10,21H,3H2,1-2H3,(H,20,22)/b19-10-. The molecule has 0 atom stereocenters. The van der Waals surface area contributed by atoms with E-state index in [1.807, 2.05) is 13.8 Å². The summed E-state index contributed by atoms with van der Waals surface area (Å²) in [7, 11) is 0. The largest absolute Gasteiger partial charge is 0.504 e. The van der Waals surface area contributed by atoms with Gasteiger partial charge < -0.3 is 9.84 Å². The van der Waals surface area contributed by atoms with E-state index in [1.165, 1.54) is 12.3 Å². The van der Waals surface area contributed by atoms with Crippen LogP contribution in [0.5, 0.6) is 11.5 Å². The molecule has 23 heavy (non-hydrogen) atoms. The zero-order chi connectivity index (χ0) is 16.8. The van der Waals surface area contributed by atoms with Gasteiger partial charge in [0.1, 0.15) is 0 Å². The summed E-state index contributed by atoms with van der Waals surface area (Å²) in [6.07, 6.45) is 1.47. The normalized spacial score (nSPS) is 10.7. The first-order valence-electron chi connectivity index (χ1n) is 7.06. The number of carbonyl (C=O) groups excluding carboxylic acids is 1. The first-order valence-corrected chi connectivity index (χ1v) is 7.44. The number of hydrazone groups is 1. The van der Waals surface area contributed by atoms with E-state index < -0.39 is 0 Å². The van der Waals surface area contributed by atoms with Crippen molar-refractivity contribution in [2.24, 2.45) is 5.10 Å². The highest BCUT2D eigenvalue weighted by Crippen LogP contribution is 2.26. The molecule has 1 amide bonds. The van der Waals surface area contributed by atoms with Gasteiger partial charge >= 0.3 is 0 Å². The Labute approximate surface area is 139 Å². The second-order valence-electron chi connectivity index (χ2n) is 4.82. The molecule has 0 bridgehead atoms. The SMILES string of the molecule is CCOc1cc(/C=N\NC(=O)c2ccc(C)c(Cl)c2)ccc1O. The summed E-state index contributed by atoms with van der Waals surface area (Å²) in [4.78, 5) is 12.0. The molecule has 0 saturated heterocycles. The van der Waals surface area contributed by atoms with Crippen LogP contribution in [0.2, 0.25) is 5.02 Å². The van der Waals surface area contributed by atoms with Crippen molar-refractivity contribution in [2.45, 2.75) is 13.8 Å². The fourth-order valence-electron chi connectivity index (χ4n) is 1.85. The summed E-state index contributed by atoms with van der Waals surface area (Å²) in [5.41, 5.74) is 4.45. The highest BCUT2D eigenvalue weighted by molar-refractivity contribution is 6.31. The molecule has 5 nitrogen and oxygen atoms in total. The number of benzene rings is 2.